The van der Waals surface area contributed by atoms with Gasteiger partial charge in [-0.15, -0.1) is 0 Å². The second-order valence-corrected chi connectivity index (χ2v) is 12.0. The normalized spacial score (nSPS) is 12.4. The summed E-state index contributed by atoms with van der Waals surface area (Å²) in [7, 11) is -1.69. The van der Waals surface area contributed by atoms with Crippen LogP contribution in [-0.4, -0.2) is 39.9 Å². The van der Waals surface area contributed by atoms with E-state index in [-0.39, 0.29) is 22.6 Å². The summed E-state index contributed by atoms with van der Waals surface area (Å²) in [6, 6.07) is 10.3. The monoisotopic (exact) mass is 617 g/mol. The van der Waals surface area contributed by atoms with Crippen molar-refractivity contribution in [2.45, 2.75) is 50.1 Å². The van der Waals surface area contributed by atoms with Gasteiger partial charge >= 0.3 is 18.4 Å². The lowest BCUT2D eigenvalue weighted by Crippen LogP contribution is -2.30. The Morgan fingerprint density at radius 2 is 1.48 bits per heavy atom. The molecule has 0 N–H and O–H groups in total. The molecule has 0 aliphatic heterocycles. The van der Waals surface area contributed by atoms with Crippen LogP contribution in [0.5, 0.6) is 5.75 Å². The van der Waals surface area contributed by atoms with E-state index in [2.05, 4.69) is 0 Å². The highest BCUT2D eigenvalue weighted by molar-refractivity contribution is 7.90. The Morgan fingerprint density at radius 1 is 0.833 bits per heavy atom. The average Bonchev–Trinajstić information content (AvgIpc) is 2.90. The highest BCUT2D eigenvalue weighted by Gasteiger charge is 2.34. The first-order valence-corrected chi connectivity index (χ1v) is 14.4. The number of hydrogen-bond acceptors (Lipinski definition) is 5. The summed E-state index contributed by atoms with van der Waals surface area (Å²) in [5.41, 5.74) is -0.899. The molecule has 0 radical (unpaired) electrons. The van der Waals surface area contributed by atoms with E-state index < -0.39 is 57.4 Å². The smallest absolute Gasteiger partial charge is 0.416 e. The number of hydrogen-bond donors (Lipinski definition) is 0. The standard InChI is InChI=1S/C29H29F6NO5S/c1-17(2)19-6-9-26(40-3)25(13-19)24-8-7-21(28(30,31)32)12-20(24)16-36(27(37)41-4)15-18-10-22(29(33,34)35)14-23(11-18)42(5,38)39/h6-14,17H,15-16H2,1-5H3. The highest BCUT2D eigenvalue weighted by atomic mass is 32.2. The quantitative estimate of drug-likeness (QED) is 0.242. The zero-order valence-corrected chi connectivity index (χ0v) is 24.2. The number of ether oxygens (including phenoxy) is 2. The van der Waals surface area contributed by atoms with E-state index in [1.54, 1.807) is 12.1 Å². The Labute approximate surface area is 239 Å². The molecule has 0 fully saturated rings. The van der Waals surface area contributed by atoms with Gasteiger partial charge < -0.3 is 9.47 Å². The molecule has 0 aliphatic rings. The van der Waals surface area contributed by atoms with Crippen LogP contribution in [0.25, 0.3) is 11.1 Å². The van der Waals surface area contributed by atoms with Gasteiger partial charge in [-0.05, 0) is 70.6 Å². The van der Waals surface area contributed by atoms with Crippen LogP contribution in [0, 0.1) is 0 Å². The lowest BCUT2D eigenvalue weighted by atomic mass is 9.92. The molecule has 0 saturated heterocycles. The average molecular weight is 618 g/mol. The van der Waals surface area contributed by atoms with E-state index in [1.165, 1.54) is 13.2 Å². The second-order valence-electron chi connectivity index (χ2n) is 9.95. The molecule has 0 spiro atoms. The molecule has 3 aromatic rings. The number of sulfone groups is 1. The van der Waals surface area contributed by atoms with Crippen molar-refractivity contribution in [1.82, 2.24) is 4.90 Å². The minimum Gasteiger partial charge on any atom is -0.496 e. The Balaban J connectivity index is 2.21. The van der Waals surface area contributed by atoms with Gasteiger partial charge in [0.15, 0.2) is 9.84 Å². The molecule has 0 atom stereocenters. The fourth-order valence-electron chi connectivity index (χ4n) is 4.33. The van der Waals surface area contributed by atoms with E-state index >= 15 is 0 Å². The number of carbonyl (C=O) groups is 1. The van der Waals surface area contributed by atoms with Gasteiger partial charge in [-0.3, -0.25) is 4.90 Å². The molecule has 0 aliphatic carbocycles. The highest BCUT2D eigenvalue weighted by Crippen LogP contribution is 2.39. The van der Waals surface area contributed by atoms with E-state index in [1.807, 2.05) is 19.9 Å². The van der Waals surface area contributed by atoms with E-state index in [0.29, 0.717) is 23.4 Å². The topological polar surface area (TPSA) is 72.9 Å². The molecule has 3 rings (SSSR count). The summed E-state index contributed by atoms with van der Waals surface area (Å²) < 4.78 is 116. The molecule has 0 saturated carbocycles. The molecule has 228 valence electrons. The predicted octanol–water partition coefficient (Wildman–Crippen LogP) is 7.70. The van der Waals surface area contributed by atoms with Crippen LogP contribution in [0.4, 0.5) is 31.1 Å². The number of methoxy groups -OCH3 is 2. The van der Waals surface area contributed by atoms with Crippen LogP contribution >= 0.6 is 0 Å². The Hall–Kier alpha value is -3.74. The molecular weight excluding hydrogens is 588 g/mol. The lowest BCUT2D eigenvalue weighted by Gasteiger charge is -2.25. The number of benzene rings is 3. The largest absolute Gasteiger partial charge is 0.496 e. The van der Waals surface area contributed by atoms with Crippen LogP contribution in [0.3, 0.4) is 0 Å². The SMILES string of the molecule is COC(=O)N(Cc1cc(C(F)(F)F)cc(S(C)(=O)=O)c1)Cc1cc(C(F)(F)F)ccc1-c1cc(C(C)C)ccc1OC. The summed E-state index contributed by atoms with van der Waals surface area (Å²) in [5, 5.41) is 0. The lowest BCUT2D eigenvalue weighted by molar-refractivity contribution is -0.138. The molecule has 0 aromatic heterocycles. The molecule has 0 bridgehead atoms. The summed E-state index contributed by atoms with van der Waals surface area (Å²) in [6.07, 6.45) is -9.96. The van der Waals surface area contributed by atoms with Crippen molar-refractivity contribution in [2.24, 2.45) is 0 Å². The summed E-state index contributed by atoms with van der Waals surface area (Å²) in [4.78, 5) is 13.1. The van der Waals surface area contributed by atoms with Crippen LogP contribution in [-0.2, 0) is 40.0 Å². The molecular formula is C29H29F6NO5S. The van der Waals surface area contributed by atoms with Crippen LogP contribution in [0.1, 0.15) is 47.6 Å². The molecule has 6 nitrogen and oxygen atoms in total. The molecule has 42 heavy (non-hydrogen) atoms. The maximum Gasteiger partial charge on any atom is 0.416 e. The van der Waals surface area contributed by atoms with Gasteiger partial charge in [-0.2, -0.15) is 26.3 Å². The number of amides is 1. The van der Waals surface area contributed by atoms with Crippen LogP contribution in [0.15, 0.2) is 59.5 Å². The Kier molecular flexibility index (Phi) is 9.55. The number of carbonyl (C=O) groups excluding carboxylic acids is 1. The number of halogens is 6. The van der Waals surface area contributed by atoms with Crippen molar-refractivity contribution < 1.29 is 49.0 Å². The van der Waals surface area contributed by atoms with Gasteiger partial charge in [0.05, 0.1) is 30.2 Å². The molecule has 1 amide bonds. The van der Waals surface area contributed by atoms with Crippen LogP contribution < -0.4 is 4.74 Å². The maximum atomic E-state index is 13.7. The maximum absolute atomic E-state index is 13.7. The van der Waals surface area contributed by atoms with Gasteiger partial charge in [0, 0.05) is 24.9 Å². The van der Waals surface area contributed by atoms with Gasteiger partial charge in [0.25, 0.3) is 0 Å². The predicted molar refractivity (Wildman–Crippen MR) is 144 cm³/mol. The third-order valence-corrected chi connectivity index (χ3v) is 7.59. The van der Waals surface area contributed by atoms with E-state index in [9.17, 15) is 39.6 Å². The van der Waals surface area contributed by atoms with Crippen molar-refractivity contribution in [1.29, 1.82) is 0 Å². The zero-order valence-electron chi connectivity index (χ0n) is 23.4. The van der Waals surface area contributed by atoms with Gasteiger partial charge in [-0.1, -0.05) is 26.0 Å². The minimum absolute atomic E-state index is 0.00439. The Morgan fingerprint density at radius 3 is 2.00 bits per heavy atom. The zero-order chi connectivity index (χ0) is 31.6. The van der Waals surface area contributed by atoms with Gasteiger partial charge in [0.1, 0.15) is 5.75 Å². The fraction of sp³-hybridized carbons (Fsp3) is 0.345. The first-order chi connectivity index (χ1) is 19.3. The van der Waals surface area contributed by atoms with Crippen molar-refractivity contribution >= 4 is 15.9 Å². The van der Waals surface area contributed by atoms with E-state index in [4.69, 9.17) is 9.47 Å². The minimum atomic E-state index is -4.91. The number of nitrogens with zero attached hydrogens (tertiary/aromatic N) is 1. The first-order valence-electron chi connectivity index (χ1n) is 12.5. The molecule has 13 heteroatoms. The summed E-state index contributed by atoms with van der Waals surface area (Å²) in [6.45, 7) is 2.74. The number of rotatable bonds is 8. The summed E-state index contributed by atoms with van der Waals surface area (Å²) in [5.74, 6) is 0.407. The van der Waals surface area contributed by atoms with Crippen molar-refractivity contribution in [3.8, 4) is 16.9 Å². The van der Waals surface area contributed by atoms with Crippen molar-refractivity contribution in [3.63, 3.8) is 0 Å². The van der Waals surface area contributed by atoms with Crippen molar-refractivity contribution in [3.05, 3.63) is 82.4 Å². The second kappa shape index (κ2) is 12.2. The van der Waals surface area contributed by atoms with E-state index in [0.717, 1.165) is 42.0 Å². The number of alkyl halides is 6. The fourth-order valence-corrected chi connectivity index (χ4v) is 5.04. The third kappa shape index (κ3) is 7.75. The summed E-state index contributed by atoms with van der Waals surface area (Å²) >= 11 is 0. The van der Waals surface area contributed by atoms with Gasteiger partial charge in [-0.25, -0.2) is 13.2 Å². The first kappa shape index (κ1) is 32.8. The van der Waals surface area contributed by atoms with Gasteiger partial charge in [0.2, 0.25) is 0 Å². The van der Waals surface area contributed by atoms with Crippen LogP contribution in [0.2, 0.25) is 0 Å². The molecule has 3 aromatic carbocycles. The third-order valence-electron chi connectivity index (χ3n) is 6.50. The van der Waals surface area contributed by atoms with Crippen molar-refractivity contribution in [2.75, 3.05) is 20.5 Å². The Bertz CT molecular complexity index is 1570. The molecule has 0 unspecified atom stereocenters. The molecule has 0 heterocycles.